The van der Waals surface area contributed by atoms with Gasteiger partial charge < -0.3 is 20.0 Å². The minimum Gasteiger partial charge on any atom is -0.459 e. The smallest absolute Gasteiger partial charge is 0.287 e. The van der Waals surface area contributed by atoms with E-state index in [1.165, 1.54) is 32.1 Å². The summed E-state index contributed by atoms with van der Waals surface area (Å²) in [7, 11) is 0. The number of likely N-dealkylation sites (tertiary alicyclic amines) is 1. The minimum absolute atomic E-state index is 0. The molecule has 0 unspecified atom stereocenters. The second-order valence-electron chi connectivity index (χ2n) is 7.66. The zero-order chi connectivity index (χ0) is 18.4. The fraction of sp³-hybridized carbons (Fsp3) is 0.700. The van der Waals surface area contributed by atoms with Crippen molar-refractivity contribution in [1.82, 2.24) is 15.5 Å². The van der Waals surface area contributed by atoms with E-state index in [4.69, 9.17) is 9.41 Å². The van der Waals surface area contributed by atoms with Crippen LogP contribution in [0.25, 0.3) is 0 Å². The van der Waals surface area contributed by atoms with Crippen molar-refractivity contribution >= 4 is 35.8 Å². The normalized spacial score (nSPS) is 18.6. The molecule has 2 aliphatic rings. The number of carbonyl (C=O) groups excluding carboxylic acids is 1. The van der Waals surface area contributed by atoms with Gasteiger partial charge in [0.25, 0.3) is 5.91 Å². The zero-order valence-electron chi connectivity index (χ0n) is 16.6. The zero-order valence-corrected chi connectivity index (χ0v) is 18.9. The van der Waals surface area contributed by atoms with E-state index in [-0.39, 0.29) is 29.9 Å². The van der Waals surface area contributed by atoms with Crippen LogP contribution < -0.4 is 10.6 Å². The van der Waals surface area contributed by atoms with E-state index >= 15 is 0 Å². The molecular formula is C20H33IN4O2. The van der Waals surface area contributed by atoms with Crippen LogP contribution in [0.3, 0.4) is 0 Å². The molecule has 1 aliphatic carbocycles. The Kier molecular flexibility index (Phi) is 8.44. The monoisotopic (exact) mass is 488 g/mol. The topological polar surface area (TPSA) is 69.9 Å². The molecule has 1 saturated heterocycles. The Balaban J connectivity index is 0.00000261. The number of furan rings is 1. The first-order valence-corrected chi connectivity index (χ1v) is 9.99. The Morgan fingerprint density at radius 1 is 1.30 bits per heavy atom. The summed E-state index contributed by atoms with van der Waals surface area (Å²) in [5, 5.41) is 6.34. The number of aliphatic imine (C=N–C) groups is 1. The van der Waals surface area contributed by atoms with Gasteiger partial charge in [0.1, 0.15) is 0 Å². The molecule has 0 aromatic carbocycles. The van der Waals surface area contributed by atoms with Gasteiger partial charge in [0.15, 0.2) is 11.7 Å². The van der Waals surface area contributed by atoms with E-state index in [0.29, 0.717) is 24.3 Å². The summed E-state index contributed by atoms with van der Waals surface area (Å²) in [6.45, 7) is 8.45. The number of carbonyl (C=O) groups is 1. The van der Waals surface area contributed by atoms with Crippen molar-refractivity contribution in [3.05, 3.63) is 23.7 Å². The van der Waals surface area contributed by atoms with Crippen LogP contribution in [0.5, 0.6) is 0 Å². The number of hydrogen-bond donors (Lipinski definition) is 2. The van der Waals surface area contributed by atoms with Crippen LogP contribution in [-0.2, 0) is 0 Å². The summed E-state index contributed by atoms with van der Waals surface area (Å²) in [4.78, 5) is 19.2. The van der Waals surface area contributed by atoms with E-state index < -0.39 is 0 Å². The Hall–Kier alpha value is -1.25. The maximum absolute atomic E-state index is 12.0. The first-order valence-electron chi connectivity index (χ1n) is 9.99. The number of hydrogen-bond acceptors (Lipinski definition) is 3. The lowest BCUT2D eigenvalue weighted by Crippen LogP contribution is -2.41. The van der Waals surface area contributed by atoms with Crippen LogP contribution in [-0.4, -0.2) is 49.5 Å². The Bertz CT molecular complexity index is 638. The number of amides is 1. The van der Waals surface area contributed by atoms with Crippen molar-refractivity contribution < 1.29 is 9.21 Å². The number of rotatable bonds is 6. The molecule has 7 heteroatoms. The molecule has 1 aromatic heterocycles. The van der Waals surface area contributed by atoms with Gasteiger partial charge in [0.2, 0.25) is 0 Å². The summed E-state index contributed by atoms with van der Waals surface area (Å²) in [6, 6.07) is 1.80. The van der Waals surface area contributed by atoms with Crippen molar-refractivity contribution in [2.75, 3.05) is 32.7 Å². The van der Waals surface area contributed by atoms with Gasteiger partial charge in [-0.3, -0.25) is 9.79 Å². The van der Waals surface area contributed by atoms with Crippen LogP contribution in [0.2, 0.25) is 0 Å². The summed E-state index contributed by atoms with van der Waals surface area (Å²) in [5.41, 5.74) is 1.41. The summed E-state index contributed by atoms with van der Waals surface area (Å²) in [5.74, 6) is 1.29. The van der Waals surface area contributed by atoms with Crippen LogP contribution in [0.15, 0.2) is 21.7 Å². The van der Waals surface area contributed by atoms with Gasteiger partial charge in [-0.25, -0.2) is 0 Å². The molecule has 1 amide bonds. The number of guanidine groups is 1. The SMILES string of the molecule is CCNC(=NCCCNC(=O)c1occc1C)N1CCC2(CCCC2)C1.I. The van der Waals surface area contributed by atoms with Gasteiger partial charge in [-0.2, -0.15) is 0 Å². The maximum Gasteiger partial charge on any atom is 0.287 e. The average molecular weight is 488 g/mol. The Labute approximate surface area is 179 Å². The molecule has 6 nitrogen and oxygen atoms in total. The van der Waals surface area contributed by atoms with E-state index in [0.717, 1.165) is 37.6 Å². The molecule has 152 valence electrons. The molecule has 2 heterocycles. The summed E-state index contributed by atoms with van der Waals surface area (Å²) < 4.78 is 5.21. The van der Waals surface area contributed by atoms with Gasteiger partial charge in [-0.15, -0.1) is 24.0 Å². The lowest BCUT2D eigenvalue weighted by molar-refractivity contribution is 0.0925. The van der Waals surface area contributed by atoms with Crippen molar-refractivity contribution in [3.63, 3.8) is 0 Å². The largest absolute Gasteiger partial charge is 0.459 e. The number of halogens is 1. The molecule has 1 aliphatic heterocycles. The standard InChI is InChI=1S/C20H32N4O2.HI/c1-3-21-19(24-13-10-20(15-24)8-4-5-9-20)23-12-6-11-22-18(25)17-16(2)7-14-26-17;/h7,14H,3-6,8-13,15H2,1-2H3,(H,21,23)(H,22,25);1H. The molecule has 1 spiro atoms. The number of nitrogens with one attached hydrogen (secondary N) is 2. The van der Waals surface area contributed by atoms with Crippen LogP contribution in [0, 0.1) is 12.3 Å². The van der Waals surface area contributed by atoms with Crippen molar-refractivity contribution in [1.29, 1.82) is 0 Å². The maximum atomic E-state index is 12.0. The molecule has 27 heavy (non-hydrogen) atoms. The Morgan fingerprint density at radius 3 is 2.74 bits per heavy atom. The van der Waals surface area contributed by atoms with Gasteiger partial charge >= 0.3 is 0 Å². The molecule has 2 N–H and O–H groups in total. The van der Waals surface area contributed by atoms with Gasteiger partial charge in [0, 0.05) is 38.3 Å². The minimum atomic E-state index is -0.147. The predicted octanol–water partition coefficient (Wildman–Crippen LogP) is 3.56. The molecule has 3 rings (SSSR count). The highest BCUT2D eigenvalue weighted by molar-refractivity contribution is 14.0. The van der Waals surface area contributed by atoms with Gasteiger partial charge in [0.05, 0.1) is 6.26 Å². The third-order valence-electron chi connectivity index (χ3n) is 5.69. The molecule has 1 saturated carbocycles. The fourth-order valence-corrected chi connectivity index (χ4v) is 4.23. The van der Waals surface area contributed by atoms with Gasteiger partial charge in [-0.05, 0) is 51.0 Å². The van der Waals surface area contributed by atoms with Crippen molar-refractivity contribution in [3.8, 4) is 0 Å². The van der Waals surface area contributed by atoms with E-state index in [9.17, 15) is 4.79 Å². The molecule has 0 radical (unpaired) electrons. The van der Waals surface area contributed by atoms with Crippen LogP contribution in [0.1, 0.15) is 61.6 Å². The quantitative estimate of drug-likeness (QED) is 0.278. The molecule has 0 bridgehead atoms. The lowest BCUT2D eigenvalue weighted by Gasteiger charge is -2.26. The third-order valence-corrected chi connectivity index (χ3v) is 5.69. The third kappa shape index (κ3) is 5.62. The van der Waals surface area contributed by atoms with E-state index in [2.05, 4.69) is 22.5 Å². The number of nitrogens with zero attached hydrogens (tertiary/aromatic N) is 2. The molecule has 1 aromatic rings. The predicted molar refractivity (Wildman–Crippen MR) is 119 cm³/mol. The lowest BCUT2D eigenvalue weighted by atomic mass is 9.86. The highest BCUT2D eigenvalue weighted by Gasteiger charge is 2.41. The highest BCUT2D eigenvalue weighted by atomic mass is 127. The Morgan fingerprint density at radius 2 is 2.07 bits per heavy atom. The first-order chi connectivity index (χ1) is 12.6. The van der Waals surface area contributed by atoms with Crippen LogP contribution >= 0.6 is 24.0 Å². The van der Waals surface area contributed by atoms with Crippen LogP contribution in [0.4, 0.5) is 0 Å². The molecular weight excluding hydrogens is 455 g/mol. The van der Waals surface area contributed by atoms with Crippen molar-refractivity contribution in [2.45, 2.75) is 52.4 Å². The first kappa shape index (κ1) is 22.0. The van der Waals surface area contributed by atoms with E-state index in [1.807, 2.05) is 6.92 Å². The summed E-state index contributed by atoms with van der Waals surface area (Å²) >= 11 is 0. The molecule has 2 fully saturated rings. The number of aryl methyl sites for hydroxylation is 1. The fourth-order valence-electron chi connectivity index (χ4n) is 4.23. The van der Waals surface area contributed by atoms with E-state index in [1.54, 1.807) is 12.3 Å². The average Bonchev–Trinajstić information content (AvgIpc) is 3.36. The van der Waals surface area contributed by atoms with Crippen molar-refractivity contribution in [2.24, 2.45) is 10.4 Å². The summed E-state index contributed by atoms with van der Waals surface area (Å²) in [6.07, 6.45) is 9.19. The highest BCUT2D eigenvalue weighted by Crippen LogP contribution is 2.45. The second kappa shape index (κ2) is 10.3. The molecule has 0 atom stereocenters. The second-order valence-corrected chi connectivity index (χ2v) is 7.66. The van der Waals surface area contributed by atoms with Gasteiger partial charge in [-0.1, -0.05) is 12.8 Å².